The van der Waals surface area contributed by atoms with Crippen LogP contribution in [0.5, 0.6) is 5.75 Å². The molecule has 0 heterocycles. The van der Waals surface area contributed by atoms with Gasteiger partial charge in [-0.2, -0.15) is 0 Å². The highest BCUT2D eigenvalue weighted by Gasteiger charge is 2.37. The summed E-state index contributed by atoms with van der Waals surface area (Å²) in [7, 11) is 1.39. The maximum Gasteiger partial charge on any atom is 0.126 e. The van der Waals surface area contributed by atoms with Crippen molar-refractivity contribution in [3.8, 4) is 16.9 Å². The van der Waals surface area contributed by atoms with E-state index in [1.165, 1.54) is 22.0 Å². The van der Waals surface area contributed by atoms with Gasteiger partial charge in [0.15, 0.2) is 0 Å². The van der Waals surface area contributed by atoms with Gasteiger partial charge in [-0.05, 0) is 39.7 Å². The zero-order valence-electron chi connectivity index (χ0n) is 16.4. The molecule has 2 heteroatoms. The van der Waals surface area contributed by atoms with Crippen molar-refractivity contribution in [3.63, 3.8) is 0 Å². The van der Waals surface area contributed by atoms with Gasteiger partial charge in [0.05, 0.1) is 7.11 Å². The topological polar surface area (TPSA) is 9.23 Å². The molecule has 24 heavy (non-hydrogen) atoms. The second-order valence-electron chi connectivity index (χ2n) is 8.35. The summed E-state index contributed by atoms with van der Waals surface area (Å²) in [5.41, 5.74) is 3.82. The van der Waals surface area contributed by atoms with E-state index in [1.54, 1.807) is 7.11 Å². The molecule has 1 nitrogen and oxygen atoms in total. The highest BCUT2D eigenvalue weighted by molar-refractivity contribution is 7.68. The Bertz CT molecular complexity index is 691. The van der Waals surface area contributed by atoms with Crippen LogP contribution in [0.4, 0.5) is 0 Å². The Morgan fingerprint density at radius 2 is 1.38 bits per heavy atom. The van der Waals surface area contributed by atoms with Gasteiger partial charge in [0, 0.05) is 5.56 Å². The highest BCUT2D eigenvalue weighted by atomic mass is 31.1. The first-order chi connectivity index (χ1) is 11.1. The van der Waals surface area contributed by atoms with Crippen LogP contribution in [0.2, 0.25) is 0 Å². The number of ether oxygens (including phenoxy) is 1. The van der Waals surface area contributed by atoms with Gasteiger partial charge in [0.2, 0.25) is 0 Å². The number of methoxy groups -OCH3 is 1. The lowest BCUT2D eigenvalue weighted by molar-refractivity contribution is 0.416. The Kier molecular flexibility index (Phi) is 5.45. The summed E-state index contributed by atoms with van der Waals surface area (Å²) in [5, 5.41) is 1.94. The van der Waals surface area contributed by atoms with Crippen LogP contribution in [-0.4, -0.2) is 17.4 Å². The van der Waals surface area contributed by atoms with Crippen LogP contribution < -0.4 is 10.0 Å². The smallest absolute Gasteiger partial charge is 0.126 e. The maximum atomic E-state index is 5.69. The molecule has 0 fully saturated rings. The molecule has 0 N–H and O–H groups in total. The summed E-state index contributed by atoms with van der Waals surface area (Å²) >= 11 is 0. The summed E-state index contributed by atoms with van der Waals surface area (Å²) in [6.07, 6.45) is 0. The normalized spacial score (nSPS) is 12.5. The van der Waals surface area contributed by atoms with Crippen molar-refractivity contribution in [2.24, 2.45) is 0 Å². The average molecular weight is 342 g/mol. The van der Waals surface area contributed by atoms with E-state index in [0.29, 0.717) is 0 Å². The van der Waals surface area contributed by atoms with Crippen molar-refractivity contribution >= 4 is 13.2 Å². The van der Waals surface area contributed by atoms with Gasteiger partial charge in [-0.3, -0.25) is 0 Å². The Balaban J connectivity index is 2.77. The molecule has 0 aliphatic carbocycles. The molecule has 0 bridgehead atoms. The van der Waals surface area contributed by atoms with E-state index in [-0.39, 0.29) is 18.2 Å². The fourth-order valence-corrected chi connectivity index (χ4v) is 7.89. The summed E-state index contributed by atoms with van der Waals surface area (Å²) in [6.45, 7) is 16.4. The van der Waals surface area contributed by atoms with E-state index in [2.05, 4.69) is 90.9 Å². The number of hydrogen-bond acceptors (Lipinski definition) is 1. The second-order valence-corrected chi connectivity index (χ2v) is 12.2. The first kappa shape index (κ1) is 19.0. The monoisotopic (exact) mass is 342 g/mol. The molecule has 130 valence electrons. The largest absolute Gasteiger partial charge is 0.496 e. The SMILES string of the molecule is COc1cccc(C)c1-c1ccccc1P(C(C)(C)C)C(C)(C)C. The fraction of sp³-hybridized carbons (Fsp3) is 0.455. The van der Waals surface area contributed by atoms with Gasteiger partial charge in [0.1, 0.15) is 5.75 Å². The molecule has 0 saturated heterocycles. The lowest BCUT2D eigenvalue weighted by atomic mass is 9.99. The third-order valence-electron chi connectivity index (χ3n) is 4.21. The summed E-state index contributed by atoms with van der Waals surface area (Å²) in [5.74, 6) is 0.959. The van der Waals surface area contributed by atoms with E-state index in [9.17, 15) is 0 Å². The molecule has 2 aromatic rings. The highest BCUT2D eigenvalue weighted by Crippen LogP contribution is 2.59. The molecule has 2 aromatic carbocycles. The van der Waals surface area contributed by atoms with Crippen molar-refractivity contribution in [1.82, 2.24) is 0 Å². The van der Waals surface area contributed by atoms with E-state index in [1.807, 2.05) is 0 Å². The van der Waals surface area contributed by atoms with Crippen LogP contribution >= 0.6 is 7.92 Å². The van der Waals surface area contributed by atoms with Gasteiger partial charge in [-0.1, -0.05) is 85.9 Å². The van der Waals surface area contributed by atoms with Crippen molar-refractivity contribution < 1.29 is 4.74 Å². The summed E-state index contributed by atoms with van der Waals surface area (Å²) < 4.78 is 5.69. The average Bonchev–Trinajstić information content (AvgIpc) is 2.45. The molecule has 0 radical (unpaired) electrons. The van der Waals surface area contributed by atoms with Gasteiger partial charge in [-0.25, -0.2) is 0 Å². The van der Waals surface area contributed by atoms with Crippen molar-refractivity contribution in [3.05, 3.63) is 48.0 Å². The van der Waals surface area contributed by atoms with Gasteiger partial charge >= 0.3 is 0 Å². The summed E-state index contributed by atoms with van der Waals surface area (Å²) in [6, 6.07) is 15.2. The lowest BCUT2D eigenvalue weighted by Gasteiger charge is -2.42. The molecular weight excluding hydrogens is 311 g/mol. The van der Waals surface area contributed by atoms with Gasteiger partial charge < -0.3 is 4.74 Å². The quantitative estimate of drug-likeness (QED) is 0.588. The zero-order valence-corrected chi connectivity index (χ0v) is 17.3. The molecule has 0 aromatic heterocycles. The predicted molar refractivity (Wildman–Crippen MR) is 109 cm³/mol. The van der Waals surface area contributed by atoms with Crippen LogP contribution in [0, 0.1) is 6.92 Å². The molecule has 0 amide bonds. The minimum absolute atomic E-state index is 0.236. The molecule has 0 aliphatic heterocycles. The molecule has 0 spiro atoms. The van der Waals surface area contributed by atoms with E-state index in [4.69, 9.17) is 4.74 Å². The lowest BCUT2D eigenvalue weighted by Crippen LogP contribution is -2.32. The second kappa shape index (κ2) is 6.89. The first-order valence-electron chi connectivity index (χ1n) is 8.60. The standard InChI is InChI=1S/C22H31OP/c1-16-12-11-14-18(23-8)20(16)17-13-9-10-15-19(17)24(21(2,3)4)22(5,6)7/h9-15H,1-8H3. The Labute approximate surface area is 149 Å². The van der Waals surface area contributed by atoms with Crippen LogP contribution in [0.25, 0.3) is 11.1 Å². The molecular formula is C22H31OP. The first-order valence-corrected chi connectivity index (χ1v) is 9.95. The summed E-state index contributed by atoms with van der Waals surface area (Å²) in [4.78, 5) is 0. The molecule has 2 rings (SSSR count). The van der Waals surface area contributed by atoms with Gasteiger partial charge in [0.25, 0.3) is 0 Å². The molecule has 0 aliphatic rings. The Hall–Kier alpha value is -1.33. The van der Waals surface area contributed by atoms with E-state index >= 15 is 0 Å². The Morgan fingerprint density at radius 3 is 1.92 bits per heavy atom. The zero-order chi connectivity index (χ0) is 18.1. The van der Waals surface area contributed by atoms with E-state index in [0.717, 1.165) is 5.75 Å². The number of aryl methyl sites for hydroxylation is 1. The van der Waals surface area contributed by atoms with Crippen LogP contribution in [0.15, 0.2) is 42.5 Å². The van der Waals surface area contributed by atoms with E-state index < -0.39 is 0 Å². The van der Waals surface area contributed by atoms with Crippen LogP contribution in [0.1, 0.15) is 47.1 Å². The predicted octanol–water partition coefficient (Wildman–Crippen LogP) is 6.37. The fourth-order valence-electron chi connectivity index (χ4n) is 3.77. The number of hydrogen-bond donors (Lipinski definition) is 0. The van der Waals surface area contributed by atoms with Crippen LogP contribution in [-0.2, 0) is 0 Å². The van der Waals surface area contributed by atoms with Crippen molar-refractivity contribution in [2.45, 2.75) is 58.8 Å². The van der Waals surface area contributed by atoms with Gasteiger partial charge in [-0.15, -0.1) is 0 Å². The molecule has 0 saturated carbocycles. The van der Waals surface area contributed by atoms with Crippen LogP contribution in [0.3, 0.4) is 0 Å². The minimum Gasteiger partial charge on any atom is -0.496 e. The number of benzene rings is 2. The molecule has 0 atom stereocenters. The number of rotatable bonds is 3. The van der Waals surface area contributed by atoms with Crippen molar-refractivity contribution in [1.29, 1.82) is 0 Å². The Morgan fingerprint density at radius 1 is 0.792 bits per heavy atom. The third kappa shape index (κ3) is 3.83. The maximum absolute atomic E-state index is 5.69. The van der Waals surface area contributed by atoms with Crippen molar-refractivity contribution in [2.75, 3.05) is 7.11 Å². The molecule has 0 unspecified atom stereocenters. The third-order valence-corrected chi connectivity index (χ3v) is 7.77. The minimum atomic E-state index is -0.368.